The number of pyridine rings is 1. The minimum absolute atomic E-state index is 0.107. The van der Waals surface area contributed by atoms with E-state index in [0.29, 0.717) is 42.8 Å². The van der Waals surface area contributed by atoms with E-state index in [-0.39, 0.29) is 36.5 Å². The van der Waals surface area contributed by atoms with E-state index in [9.17, 15) is 9.18 Å². The number of hydrogen-bond donors (Lipinski definition) is 1. The van der Waals surface area contributed by atoms with Crippen molar-refractivity contribution >= 4 is 11.9 Å². The van der Waals surface area contributed by atoms with E-state index in [1.165, 1.54) is 6.20 Å². The molecular formula is C24H27FN4O3. The molecule has 1 spiro atoms. The van der Waals surface area contributed by atoms with Gasteiger partial charge in [0.05, 0.1) is 0 Å². The number of amidine groups is 1. The van der Waals surface area contributed by atoms with E-state index >= 15 is 0 Å². The second-order valence-electron chi connectivity index (χ2n) is 9.20. The summed E-state index contributed by atoms with van der Waals surface area (Å²) in [7, 11) is 0. The third-order valence-corrected chi connectivity index (χ3v) is 6.64. The molecule has 4 heterocycles. The van der Waals surface area contributed by atoms with Crippen LogP contribution in [0.4, 0.5) is 4.39 Å². The van der Waals surface area contributed by atoms with Crippen molar-refractivity contribution in [3.05, 3.63) is 48.0 Å². The summed E-state index contributed by atoms with van der Waals surface area (Å²) in [6.45, 7) is 5.52. The first-order valence-electron chi connectivity index (χ1n) is 11.1. The molecule has 1 amide bonds. The van der Waals surface area contributed by atoms with Gasteiger partial charge in [-0.1, -0.05) is 19.9 Å². The molecule has 168 valence electrons. The van der Waals surface area contributed by atoms with Crippen molar-refractivity contribution in [3.63, 3.8) is 0 Å². The maximum atomic E-state index is 14.4. The quantitative estimate of drug-likeness (QED) is 0.744. The fourth-order valence-corrected chi connectivity index (χ4v) is 5.11. The van der Waals surface area contributed by atoms with Crippen molar-refractivity contribution in [1.29, 1.82) is 0 Å². The highest BCUT2D eigenvalue weighted by molar-refractivity contribution is 5.77. The van der Waals surface area contributed by atoms with Gasteiger partial charge in [-0.05, 0) is 35.7 Å². The molecule has 2 aromatic rings. The molecule has 3 aliphatic heterocycles. The molecule has 2 N–H and O–H groups in total. The Morgan fingerprint density at radius 2 is 2.22 bits per heavy atom. The summed E-state index contributed by atoms with van der Waals surface area (Å²) in [6.07, 6.45) is 2.54. The molecule has 0 bridgehead atoms. The first-order valence-corrected chi connectivity index (χ1v) is 11.1. The smallest absolute Gasteiger partial charge is 0.283 e. The van der Waals surface area contributed by atoms with Crippen molar-refractivity contribution in [2.45, 2.75) is 38.3 Å². The zero-order valence-corrected chi connectivity index (χ0v) is 18.3. The van der Waals surface area contributed by atoms with Crippen LogP contribution in [-0.4, -0.2) is 47.6 Å². The van der Waals surface area contributed by atoms with E-state index in [2.05, 4.69) is 4.98 Å². The predicted molar refractivity (Wildman–Crippen MR) is 117 cm³/mol. The lowest BCUT2D eigenvalue weighted by Gasteiger charge is -2.49. The van der Waals surface area contributed by atoms with Crippen LogP contribution in [0, 0.1) is 17.8 Å². The number of likely N-dealkylation sites (tertiary alicyclic amines) is 1. The fourth-order valence-electron chi connectivity index (χ4n) is 5.11. The van der Waals surface area contributed by atoms with Gasteiger partial charge in [-0.15, -0.1) is 0 Å². The van der Waals surface area contributed by atoms with E-state index in [4.69, 9.17) is 20.2 Å². The molecule has 1 aromatic carbocycles. The molecule has 3 aliphatic rings. The Labute approximate surface area is 186 Å². The average Bonchev–Trinajstić information content (AvgIpc) is 3.16. The molecule has 3 atom stereocenters. The highest BCUT2D eigenvalue weighted by Gasteiger charge is 2.56. The molecule has 1 saturated heterocycles. The van der Waals surface area contributed by atoms with Gasteiger partial charge < -0.3 is 20.1 Å². The predicted octanol–water partition coefficient (Wildman–Crippen LogP) is 3.08. The number of carbonyl (C=O) groups excluding carboxylic acids is 1. The van der Waals surface area contributed by atoms with Crippen molar-refractivity contribution in [1.82, 2.24) is 9.88 Å². The zero-order valence-electron chi connectivity index (χ0n) is 18.3. The normalized spacial score (nSPS) is 26.2. The Hall–Kier alpha value is -3.16. The summed E-state index contributed by atoms with van der Waals surface area (Å²) in [4.78, 5) is 23.3. The Bertz CT molecular complexity index is 1090. The topological polar surface area (TPSA) is 90.0 Å². The van der Waals surface area contributed by atoms with E-state index in [0.717, 1.165) is 5.56 Å². The summed E-state index contributed by atoms with van der Waals surface area (Å²) >= 11 is 0. The number of fused-ring (bicyclic) bond motifs is 4. The molecule has 3 unspecified atom stereocenters. The fraction of sp³-hybridized carbons (Fsp3) is 0.458. The number of benzene rings is 1. The maximum absolute atomic E-state index is 14.4. The Morgan fingerprint density at radius 1 is 1.38 bits per heavy atom. The SMILES string of the molecule is CC(C)CC(=O)N1CCC2Oc3ccc(-c4cccnc4F)cc3C3(COC(N)=N3)C2C1. The minimum Gasteiger partial charge on any atom is -0.490 e. The molecule has 0 aliphatic carbocycles. The largest absolute Gasteiger partial charge is 0.490 e. The molecule has 8 heteroatoms. The van der Waals surface area contributed by atoms with Crippen LogP contribution in [-0.2, 0) is 15.1 Å². The maximum Gasteiger partial charge on any atom is 0.283 e. The van der Waals surface area contributed by atoms with E-state index < -0.39 is 11.5 Å². The lowest BCUT2D eigenvalue weighted by atomic mass is 9.71. The summed E-state index contributed by atoms with van der Waals surface area (Å²) in [6, 6.07) is 9.10. The Kier molecular flexibility index (Phi) is 5.03. The lowest BCUT2D eigenvalue weighted by molar-refractivity contribution is -0.137. The lowest BCUT2D eigenvalue weighted by Crippen LogP contribution is -2.58. The Balaban J connectivity index is 1.57. The summed E-state index contributed by atoms with van der Waals surface area (Å²) in [5.41, 5.74) is 7.09. The number of nitrogens with two attached hydrogens (primary N) is 1. The highest BCUT2D eigenvalue weighted by Crippen LogP contribution is 2.51. The molecule has 7 nitrogen and oxygen atoms in total. The van der Waals surface area contributed by atoms with Gasteiger partial charge in [0, 0.05) is 49.2 Å². The highest BCUT2D eigenvalue weighted by atomic mass is 19.1. The first-order chi connectivity index (χ1) is 15.4. The summed E-state index contributed by atoms with van der Waals surface area (Å²) in [5.74, 6) is 0.475. The third-order valence-electron chi connectivity index (χ3n) is 6.64. The van der Waals surface area contributed by atoms with Crippen LogP contribution in [0.2, 0.25) is 0 Å². The van der Waals surface area contributed by atoms with Crippen LogP contribution in [0.1, 0.15) is 32.3 Å². The number of hydrogen-bond acceptors (Lipinski definition) is 6. The molecule has 0 radical (unpaired) electrons. The molecule has 5 rings (SSSR count). The number of aliphatic imine (C=N–C) groups is 1. The van der Waals surface area contributed by atoms with Gasteiger partial charge in [0.1, 0.15) is 24.0 Å². The second kappa shape index (κ2) is 7.76. The molecule has 1 fully saturated rings. The van der Waals surface area contributed by atoms with Crippen LogP contribution < -0.4 is 10.5 Å². The van der Waals surface area contributed by atoms with Gasteiger partial charge in [-0.2, -0.15) is 4.39 Å². The molecule has 32 heavy (non-hydrogen) atoms. The number of aromatic nitrogens is 1. The standard InChI is InChI=1S/C24H27FN4O3/c1-14(2)10-21(30)29-9-7-20-18(12-29)24(13-31-23(26)28-24)17-11-15(5-6-19(17)32-20)16-4-3-8-27-22(16)25/h3-6,8,11,14,18,20H,7,9-10,12-13H2,1-2H3,(H2,26,28). The van der Waals surface area contributed by atoms with Crippen molar-refractivity contribution < 1.29 is 18.7 Å². The monoisotopic (exact) mass is 438 g/mol. The average molecular weight is 439 g/mol. The number of rotatable bonds is 3. The van der Waals surface area contributed by atoms with Crippen LogP contribution in [0.25, 0.3) is 11.1 Å². The number of amides is 1. The van der Waals surface area contributed by atoms with Crippen LogP contribution in [0.5, 0.6) is 5.75 Å². The van der Waals surface area contributed by atoms with E-state index in [1.807, 2.05) is 36.9 Å². The number of carbonyl (C=O) groups is 1. The van der Waals surface area contributed by atoms with Crippen LogP contribution in [0.15, 0.2) is 41.5 Å². The third kappa shape index (κ3) is 3.38. The van der Waals surface area contributed by atoms with Crippen LogP contribution >= 0.6 is 0 Å². The van der Waals surface area contributed by atoms with Gasteiger partial charge in [0.15, 0.2) is 0 Å². The van der Waals surface area contributed by atoms with E-state index in [1.54, 1.807) is 12.1 Å². The number of halogens is 1. The van der Waals surface area contributed by atoms with Gasteiger partial charge in [-0.25, -0.2) is 9.98 Å². The summed E-state index contributed by atoms with van der Waals surface area (Å²) < 4.78 is 26.4. The van der Waals surface area contributed by atoms with Gasteiger partial charge in [-0.3, -0.25) is 4.79 Å². The molecule has 0 saturated carbocycles. The van der Waals surface area contributed by atoms with Crippen molar-refractivity contribution in [3.8, 4) is 16.9 Å². The number of ether oxygens (including phenoxy) is 2. The molecular weight excluding hydrogens is 411 g/mol. The minimum atomic E-state index is -0.784. The van der Waals surface area contributed by atoms with Crippen molar-refractivity contribution in [2.24, 2.45) is 22.6 Å². The first kappa shape index (κ1) is 20.7. The molecule has 1 aromatic heterocycles. The summed E-state index contributed by atoms with van der Waals surface area (Å²) in [5, 5.41) is 0. The number of nitrogens with zero attached hydrogens (tertiary/aromatic N) is 3. The van der Waals surface area contributed by atoms with Gasteiger partial charge in [0.25, 0.3) is 6.02 Å². The van der Waals surface area contributed by atoms with Gasteiger partial charge in [0.2, 0.25) is 11.9 Å². The Morgan fingerprint density at radius 3 is 2.94 bits per heavy atom. The zero-order chi connectivity index (χ0) is 22.5. The second-order valence-corrected chi connectivity index (χ2v) is 9.20. The van der Waals surface area contributed by atoms with Crippen molar-refractivity contribution in [2.75, 3.05) is 19.7 Å². The van der Waals surface area contributed by atoms with Gasteiger partial charge >= 0.3 is 0 Å². The van der Waals surface area contributed by atoms with Crippen LogP contribution in [0.3, 0.4) is 0 Å². The number of piperidine rings is 1.